The molecule has 0 aliphatic heterocycles. The van der Waals surface area contributed by atoms with E-state index in [2.05, 4.69) is 10.5 Å². The number of hydrogen-bond donors (Lipinski definition) is 1. The van der Waals surface area contributed by atoms with Crippen LogP contribution in [0.25, 0.3) is 5.57 Å². The molecule has 0 radical (unpaired) electrons. The standard InChI is InChI=1S/C23H19Cl2FN2O2/c1-2-22(28-30-23(29)27-19-13-17(24)12-18(25)14-19)16-7-5-6-15(10-11-16)20-8-3-4-9-21(20)26/h3-5,7-14H,2,6H2,1H3,(H,27,29)/b28-22+. The molecule has 2 aromatic carbocycles. The quantitative estimate of drug-likeness (QED) is 0.296. The summed E-state index contributed by atoms with van der Waals surface area (Å²) in [6, 6.07) is 11.3. The maximum atomic E-state index is 14.1. The summed E-state index contributed by atoms with van der Waals surface area (Å²) >= 11 is 11.8. The maximum Gasteiger partial charge on any atom is 0.437 e. The Kier molecular flexibility index (Phi) is 7.44. The van der Waals surface area contributed by atoms with Gasteiger partial charge >= 0.3 is 6.09 Å². The van der Waals surface area contributed by atoms with E-state index in [1.165, 1.54) is 6.07 Å². The molecule has 1 aliphatic rings. The van der Waals surface area contributed by atoms with Crippen molar-refractivity contribution in [3.05, 3.63) is 93.8 Å². The molecule has 0 spiro atoms. The van der Waals surface area contributed by atoms with Crippen molar-refractivity contribution in [2.24, 2.45) is 5.16 Å². The molecular weight excluding hydrogens is 426 g/mol. The molecule has 1 N–H and O–H groups in total. The fourth-order valence-electron chi connectivity index (χ4n) is 2.93. The number of oxime groups is 1. The molecule has 0 fully saturated rings. The molecular formula is C23H19Cl2FN2O2. The minimum atomic E-state index is -0.764. The van der Waals surface area contributed by atoms with E-state index in [1.807, 2.05) is 31.2 Å². The average molecular weight is 445 g/mol. The summed E-state index contributed by atoms with van der Waals surface area (Å²) < 4.78 is 14.1. The maximum absolute atomic E-state index is 14.1. The van der Waals surface area contributed by atoms with Crippen molar-refractivity contribution in [3.63, 3.8) is 0 Å². The number of hydrogen-bond acceptors (Lipinski definition) is 3. The van der Waals surface area contributed by atoms with Gasteiger partial charge in [-0.15, -0.1) is 0 Å². The van der Waals surface area contributed by atoms with Crippen molar-refractivity contribution >= 4 is 46.3 Å². The number of rotatable bonds is 5. The van der Waals surface area contributed by atoms with Crippen LogP contribution in [-0.2, 0) is 4.84 Å². The molecule has 2 aromatic rings. The van der Waals surface area contributed by atoms with Gasteiger partial charge in [0.2, 0.25) is 0 Å². The number of benzene rings is 2. The van der Waals surface area contributed by atoms with E-state index < -0.39 is 6.09 Å². The highest BCUT2D eigenvalue weighted by Gasteiger charge is 2.11. The van der Waals surface area contributed by atoms with Gasteiger partial charge < -0.3 is 0 Å². The summed E-state index contributed by atoms with van der Waals surface area (Å²) in [5, 5.41) is 7.29. The van der Waals surface area contributed by atoms with Gasteiger partial charge in [0, 0.05) is 21.3 Å². The second-order valence-corrected chi connectivity index (χ2v) is 7.33. The lowest BCUT2D eigenvalue weighted by Gasteiger charge is -2.06. The van der Waals surface area contributed by atoms with Crippen LogP contribution in [-0.4, -0.2) is 11.8 Å². The average Bonchev–Trinajstić information content (AvgIpc) is 2.94. The monoisotopic (exact) mass is 444 g/mol. The van der Waals surface area contributed by atoms with Crippen molar-refractivity contribution in [2.75, 3.05) is 5.32 Å². The van der Waals surface area contributed by atoms with Gasteiger partial charge in [0.1, 0.15) is 5.82 Å². The normalized spacial score (nSPS) is 13.9. The predicted octanol–water partition coefficient (Wildman–Crippen LogP) is 7.42. The van der Waals surface area contributed by atoms with E-state index in [0.717, 1.165) is 11.1 Å². The van der Waals surface area contributed by atoms with Crippen molar-refractivity contribution in [3.8, 4) is 0 Å². The minimum absolute atomic E-state index is 0.264. The molecule has 154 valence electrons. The first-order chi connectivity index (χ1) is 14.5. The Hall–Kier alpha value is -2.89. The molecule has 0 aromatic heterocycles. The molecule has 7 heteroatoms. The summed E-state index contributed by atoms with van der Waals surface area (Å²) in [7, 11) is 0. The van der Waals surface area contributed by atoms with Crippen LogP contribution in [0.3, 0.4) is 0 Å². The molecule has 0 heterocycles. The van der Waals surface area contributed by atoms with E-state index in [9.17, 15) is 9.18 Å². The lowest BCUT2D eigenvalue weighted by Crippen LogP contribution is -2.12. The number of amides is 1. The molecule has 0 saturated heterocycles. The molecule has 0 atom stereocenters. The Labute approximate surface area is 184 Å². The van der Waals surface area contributed by atoms with Gasteiger partial charge in [-0.2, -0.15) is 0 Å². The summed E-state index contributed by atoms with van der Waals surface area (Å²) in [4.78, 5) is 17.1. The molecule has 30 heavy (non-hydrogen) atoms. The first-order valence-electron chi connectivity index (χ1n) is 9.30. The van der Waals surface area contributed by atoms with E-state index in [4.69, 9.17) is 28.0 Å². The Morgan fingerprint density at radius 3 is 2.60 bits per heavy atom. The highest BCUT2D eigenvalue weighted by Crippen LogP contribution is 2.25. The van der Waals surface area contributed by atoms with E-state index in [0.29, 0.717) is 39.8 Å². The topological polar surface area (TPSA) is 50.7 Å². The Morgan fingerprint density at radius 2 is 1.90 bits per heavy atom. The van der Waals surface area contributed by atoms with Crippen molar-refractivity contribution in [2.45, 2.75) is 19.8 Å². The highest BCUT2D eigenvalue weighted by molar-refractivity contribution is 6.35. The summed E-state index contributed by atoms with van der Waals surface area (Å²) in [6.07, 6.45) is 7.85. The van der Waals surface area contributed by atoms with E-state index in [-0.39, 0.29) is 5.82 Å². The van der Waals surface area contributed by atoms with Crippen LogP contribution in [0.4, 0.5) is 14.9 Å². The minimum Gasteiger partial charge on any atom is -0.297 e. The van der Waals surface area contributed by atoms with Crippen LogP contribution >= 0.6 is 23.2 Å². The Balaban J connectivity index is 1.73. The number of allylic oxidation sites excluding steroid dienone is 6. The number of nitrogens with one attached hydrogen (secondary N) is 1. The number of anilines is 1. The predicted molar refractivity (Wildman–Crippen MR) is 121 cm³/mol. The van der Waals surface area contributed by atoms with Gasteiger partial charge in [-0.25, -0.2) is 9.18 Å². The zero-order chi connectivity index (χ0) is 21.5. The largest absolute Gasteiger partial charge is 0.437 e. The zero-order valence-corrected chi connectivity index (χ0v) is 17.7. The molecule has 1 aliphatic carbocycles. The fraction of sp³-hybridized carbons (Fsp3) is 0.130. The highest BCUT2D eigenvalue weighted by atomic mass is 35.5. The molecule has 0 unspecified atom stereocenters. The second-order valence-electron chi connectivity index (χ2n) is 6.45. The van der Waals surface area contributed by atoms with Gasteiger partial charge in [-0.3, -0.25) is 10.2 Å². The lowest BCUT2D eigenvalue weighted by atomic mass is 10.0. The van der Waals surface area contributed by atoms with Crippen LogP contribution in [0, 0.1) is 5.82 Å². The van der Waals surface area contributed by atoms with Gasteiger partial charge in [-0.05, 0) is 48.3 Å². The molecule has 3 rings (SSSR count). The first-order valence-corrected chi connectivity index (χ1v) is 10.1. The number of halogens is 3. The fourth-order valence-corrected chi connectivity index (χ4v) is 3.45. The van der Waals surface area contributed by atoms with Crippen LogP contribution < -0.4 is 5.32 Å². The lowest BCUT2D eigenvalue weighted by molar-refractivity contribution is 0.166. The van der Waals surface area contributed by atoms with Crippen LogP contribution in [0.5, 0.6) is 0 Å². The van der Waals surface area contributed by atoms with Gasteiger partial charge in [-0.1, -0.05) is 77.8 Å². The number of carbonyl (C=O) groups excluding carboxylic acids is 1. The van der Waals surface area contributed by atoms with Gasteiger partial charge in [0.25, 0.3) is 0 Å². The summed E-state index contributed by atoms with van der Waals surface area (Å²) in [5.41, 5.74) is 3.17. The third-order valence-corrected chi connectivity index (χ3v) is 4.77. The number of nitrogens with zero attached hydrogens (tertiary/aromatic N) is 1. The SMILES string of the molecule is CC/C(=N\OC(=O)Nc1cc(Cl)cc(Cl)c1)C1=CC=C(c2ccccc2F)CC=C1. The zero-order valence-electron chi connectivity index (χ0n) is 16.2. The first kappa shape index (κ1) is 21.8. The molecule has 4 nitrogen and oxygen atoms in total. The third kappa shape index (κ3) is 5.81. The second kappa shape index (κ2) is 10.2. The van der Waals surface area contributed by atoms with Crippen molar-refractivity contribution in [1.82, 2.24) is 0 Å². The molecule has 1 amide bonds. The third-order valence-electron chi connectivity index (χ3n) is 4.33. The van der Waals surface area contributed by atoms with Crippen molar-refractivity contribution < 1.29 is 14.0 Å². The van der Waals surface area contributed by atoms with Gasteiger partial charge in [0.15, 0.2) is 0 Å². The molecule has 0 saturated carbocycles. The van der Waals surface area contributed by atoms with E-state index >= 15 is 0 Å². The summed E-state index contributed by atoms with van der Waals surface area (Å²) in [5.74, 6) is -0.264. The van der Waals surface area contributed by atoms with Crippen LogP contribution in [0.15, 0.2) is 77.5 Å². The van der Waals surface area contributed by atoms with Crippen molar-refractivity contribution in [1.29, 1.82) is 0 Å². The Morgan fingerprint density at radius 1 is 1.17 bits per heavy atom. The van der Waals surface area contributed by atoms with Crippen LogP contribution in [0.2, 0.25) is 10.0 Å². The van der Waals surface area contributed by atoms with E-state index in [1.54, 1.807) is 36.4 Å². The number of carbonyl (C=O) groups is 1. The van der Waals surface area contributed by atoms with Gasteiger partial charge in [0.05, 0.1) is 5.71 Å². The summed E-state index contributed by atoms with van der Waals surface area (Å²) in [6.45, 7) is 1.90. The van der Waals surface area contributed by atoms with Crippen LogP contribution in [0.1, 0.15) is 25.3 Å². The molecule has 0 bridgehead atoms. The Bertz CT molecular complexity index is 1050. The smallest absolute Gasteiger partial charge is 0.297 e.